The first-order valence-corrected chi connectivity index (χ1v) is 6.03. The summed E-state index contributed by atoms with van der Waals surface area (Å²) in [6.45, 7) is 2.63. The molecule has 0 amide bonds. The lowest BCUT2D eigenvalue weighted by molar-refractivity contribution is 0.469. The number of rotatable bonds is 3. The van der Waals surface area contributed by atoms with Crippen molar-refractivity contribution in [2.24, 2.45) is 0 Å². The molecule has 2 aromatic rings. The van der Waals surface area contributed by atoms with E-state index in [4.69, 9.17) is 5.11 Å². The fraction of sp³-hybridized carbons (Fsp3) is 0.250. The van der Waals surface area contributed by atoms with Gasteiger partial charge in [0, 0.05) is 23.1 Å². The monoisotopic (exact) mass is 252 g/mol. The first-order chi connectivity index (χ1) is 8.11. The van der Waals surface area contributed by atoms with E-state index >= 15 is 0 Å². The zero-order valence-corrected chi connectivity index (χ0v) is 10.4. The van der Waals surface area contributed by atoms with Gasteiger partial charge >= 0.3 is 0 Å². The number of aromatic hydroxyl groups is 1. The van der Waals surface area contributed by atoms with E-state index in [9.17, 15) is 4.39 Å². The van der Waals surface area contributed by atoms with E-state index in [-0.39, 0.29) is 5.75 Å². The number of thiazole rings is 1. The van der Waals surface area contributed by atoms with Crippen LogP contribution in [-0.2, 0) is 6.54 Å². The number of hydrogen-bond acceptors (Lipinski definition) is 4. The number of hydrogen-bond donors (Lipinski definition) is 2. The Morgan fingerprint density at radius 2 is 2.24 bits per heavy atom. The highest BCUT2D eigenvalue weighted by molar-refractivity contribution is 7.15. The maximum absolute atomic E-state index is 13.7. The van der Waals surface area contributed by atoms with Crippen molar-refractivity contribution in [1.82, 2.24) is 10.3 Å². The molecule has 5 heteroatoms. The minimum Gasteiger partial charge on any atom is -0.508 e. The fourth-order valence-electron chi connectivity index (χ4n) is 1.55. The molecular formula is C12H13FN2OS. The molecule has 1 heterocycles. The Balaban J connectivity index is 2.42. The van der Waals surface area contributed by atoms with Gasteiger partial charge in [-0.15, -0.1) is 11.3 Å². The highest BCUT2D eigenvalue weighted by Gasteiger charge is 2.12. The third-order valence-electron chi connectivity index (χ3n) is 2.41. The molecular weight excluding hydrogens is 239 g/mol. The van der Waals surface area contributed by atoms with Crippen molar-refractivity contribution in [2.75, 3.05) is 7.05 Å². The Bertz CT molecular complexity index is 539. The molecule has 0 radical (unpaired) electrons. The molecule has 3 nitrogen and oxygen atoms in total. The molecule has 0 saturated heterocycles. The molecule has 0 aliphatic carbocycles. The molecule has 1 aromatic heterocycles. The van der Waals surface area contributed by atoms with Crippen LogP contribution in [0.2, 0.25) is 0 Å². The van der Waals surface area contributed by atoms with Gasteiger partial charge in [0.2, 0.25) is 0 Å². The predicted octanol–water partition coefficient (Wildman–Crippen LogP) is 2.68. The Morgan fingerprint density at radius 3 is 2.88 bits per heavy atom. The number of nitrogens with zero attached hydrogens (tertiary/aromatic N) is 1. The lowest BCUT2D eigenvalue weighted by atomic mass is 10.2. The van der Waals surface area contributed by atoms with E-state index in [0.29, 0.717) is 10.6 Å². The molecule has 0 aliphatic heterocycles. The van der Waals surface area contributed by atoms with Crippen LogP contribution in [0, 0.1) is 12.7 Å². The summed E-state index contributed by atoms with van der Waals surface area (Å²) in [5.74, 6) is -0.523. The summed E-state index contributed by atoms with van der Waals surface area (Å²) in [5, 5.41) is 12.9. The molecule has 0 bridgehead atoms. The molecule has 17 heavy (non-hydrogen) atoms. The van der Waals surface area contributed by atoms with Crippen molar-refractivity contribution in [3.63, 3.8) is 0 Å². The SMILES string of the molecule is CNCc1sc(-c2ccc(O)cc2F)nc1C. The molecule has 0 saturated carbocycles. The Kier molecular flexibility index (Phi) is 3.40. The average Bonchev–Trinajstić information content (AvgIpc) is 2.60. The number of aromatic nitrogens is 1. The zero-order valence-electron chi connectivity index (χ0n) is 9.62. The Labute approximate surface area is 103 Å². The van der Waals surface area contributed by atoms with Gasteiger partial charge in [0.15, 0.2) is 0 Å². The van der Waals surface area contributed by atoms with Crippen LogP contribution in [0.5, 0.6) is 5.75 Å². The second kappa shape index (κ2) is 4.81. The van der Waals surface area contributed by atoms with Gasteiger partial charge in [-0.05, 0) is 26.1 Å². The van der Waals surface area contributed by atoms with Gasteiger partial charge < -0.3 is 10.4 Å². The van der Waals surface area contributed by atoms with E-state index in [1.165, 1.54) is 17.4 Å². The largest absolute Gasteiger partial charge is 0.508 e. The second-order valence-electron chi connectivity index (χ2n) is 3.72. The Morgan fingerprint density at radius 1 is 1.47 bits per heavy atom. The molecule has 2 rings (SSSR count). The van der Waals surface area contributed by atoms with Gasteiger partial charge in [-0.25, -0.2) is 9.37 Å². The molecule has 90 valence electrons. The first kappa shape index (κ1) is 12.0. The maximum atomic E-state index is 13.7. The number of nitrogens with one attached hydrogen (secondary N) is 1. The third kappa shape index (κ3) is 2.45. The maximum Gasteiger partial charge on any atom is 0.137 e. The quantitative estimate of drug-likeness (QED) is 0.882. The summed E-state index contributed by atoms with van der Waals surface area (Å²) in [5.41, 5.74) is 1.34. The van der Waals surface area contributed by atoms with Gasteiger partial charge in [0.05, 0.1) is 5.69 Å². The molecule has 2 N–H and O–H groups in total. The smallest absolute Gasteiger partial charge is 0.137 e. The number of phenols is 1. The minimum absolute atomic E-state index is 0.0741. The topological polar surface area (TPSA) is 45.1 Å². The van der Waals surface area contributed by atoms with Crippen molar-refractivity contribution in [3.05, 3.63) is 34.6 Å². The van der Waals surface area contributed by atoms with Gasteiger partial charge in [0.1, 0.15) is 16.6 Å². The van der Waals surface area contributed by atoms with E-state index in [1.54, 1.807) is 6.07 Å². The third-order valence-corrected chi connectivity index (χ3v) is 3.60. The molecule has 0 atom stereocenters. The molecule has 0 unspecified atom stereocenters. The highest BCUT2D eigenvalue weighted by atomic mass is 32.1. The van der Waals surface area contributed by atoms with Crippen molar-refractivity contribution >= 4 is 11.3 Å². The van der Waals surface area contributed by atoms with Crippen LogP contribution in [0.3, 0.4) is 0 Å². The van der Waals surface area contributed by atoms with Crippen molar-refractivity contribution < 1.29 is 9.50 Å². The summed E-state index contributed by atoms with van der Waals surface area (Å²) in [6.07, 6.45) is 0. The average molecular weight is 252 g/mol. The lowest BCUT2D eigenvalue weighted by Crippen LogP contribution is -2.04. The van der Waals surface area contributed by atoms with Crippen molar-refractivity contribution in [1.29, 1.82) is 0 Å². The summed E-state index contributed by atoms with van der Waals surface area (Å²) < 4.78 is 13.7. The van der Waals surface area contributed by atoms with Crippen LogP contribution < -0.4 is 5.32 Å². The zero-order chi connectivity index (χ0) is 12.4. The second-order valence-corrected chi connectivity index (χ2v) is 4.81. The molecule has 0 aliphatic rings. The number of aryl methyl sites for hydroxylation is 1. The van der Waals surface area contributed by atoms with Crippen LogP contribution in [0.4, 0.5) is 4.39 Å². The fourth-order valence-corrected chi connectivity index (χ4v) is 2.65. The summed E-state index contributed by atoms with van der Waals surface area (Å²) in [6, 6.07) is 4.11. The van der Waals surface area contributed by atoms with Crippen molar-refractivity contribution in [2.45, 2.75) is 13.5 Å². The van der Waals surface area contributed by atoms with Crippen LogP contribution in [0.25, 0.3) is 10.6 Å². The summed E-state index contributed by atoms with van der Waals surface area (Å²) in [7, 11) is 1.86. The van der Waals surface area contributed by atoms with Gasteiger partial charge in [-0.3, -0.25) is 0 Å². The predicted molar refractivity (Wildman–Crippen MR) is 66.7 cm³/mol. The van der Waals surface area contributed by atoms with Gasteiger partial charge in [0.25, 0.3) is 0 Å². The summed E-state index contributed by atoms with van der Waals surface area (Å²) >= 11 is 1.46. The van der Waals surface area contributed by atoms with Crippen LogP contribution in [0.1, 0.15) is 10.6 Å². The van der Waals surface area contributed by atoms with Gasteiger partial charge in [-0.1, -0.05) is 0 Å². The first-order valence-electron chi connectivity index (χ1n) is 5.21. The number of phenolic OH excluding ortho intramolecular Hbond substituents is 1. The highest BCUT2D eigenvalue weighted by Crippen LogP contribution is 2.31. The van der Waals surface area contributed by atoms with E-state index in [2.05, 4.69) is 10.3 Å². The van der Waals surface area contributed by atoms with Crippen LogP contribution >= 0.6 is 11.3 Å². The van der Waals surface area contributed by atoms with Crippen LogP contribution in [0.15, 0.2) is 18.2 Å². The number of halogens is 1. The van der Waals surface area contributed by atoms with Crippen LogP contribution in [-0.4, -0.2) is 17.1 Å². The van der Waals surface area contributed by atoms with Crippen molar-refractivity contribution in [3.8, 4) is 16.3 Å². The minimum atomic E-state index is -0.449. The van der Waals surface area contributed by atoms with E-state index in [0.717, 1.165) is 23.2 Å². The van der Waals surface area contributed by atoms with E-state index in [1.807, 2.05) is 14.0 Å². The lowest BCUT2D eigenvalue weighted by Gasteiger charge is -1.99. The normalized spacial score (nSPS) is 10.8. The molecule has 0 fully saturated rings. The molecule has 1 aromatic carbocycles. The van der Waals surface area contributed by atoms with E-state index < -0.39 is 5.82 Å². The molecule has 0 spiro atoms. The summed E-state index contributed by atoms with van der Waals surface area (Å²) in [4.78, 5) is 5.44. The van der Waals surface area contributed by atoms with Gasteiger partial charge in [-0.2, -0.15) is 0 Å². The standard InChI is InChI=1S/C12H13FN2OS/c1-7-11(6-14-2)17-12(15-7)9-4-3-8(16)5-10(9)13/h3-5,14,16H,6H2,1-2H3. The number of benzene rings is 1. The Hall–Kier alpha value is -1.46.